The highest BCUT2D eigenvalue weighted by molar-refractivity contribution is 5.50. The van der Waals surface area contributed by atoms with Crippen LogP contribution < -0.4 is 0 Å². The summed E-state index contributed by atoms with van der Waals surface area (Å²) in [6, 6.07) is 13.3. The Labute approximate surface area is 119 Å². The van der Waals surface area contributed by atoms with Gasteiger partial charge in [-0.3, -0.25) is 10.1 Å². The van der Waals surface area contributed by atoms with Crippen LogP contribution in [0.1, 0.15) is 11.1 Å². The highest BCUT2D eigenvalue weighted by Gasteiger charge is 2.12. The van der Waals surface area contributed by atoms with Gasteiger partial charge in [0.1, 0.15) is 5.75 Å². The van der Waals surface area contributed by atoms with Gasteiger partial charge in [0.2, 0.25) is 0 Å². The Hall–Kier alpha value is -3.58. The molecule has 7 heteroatoms. The fourth-order valence-electron chi connectivity index (χ4n) is 1.32. The largest absolute Gasteiger partial charge is 0.508 e. The van der Waals surface area contributed by atoms with Gasteiger partial charge in [-0.15, -0.1) is 0 Å². The van der Waals surface area contributed by atoms with Crippen molar-refractivity contribution >= 4 is 5.69 Å². The second-order valence-corrected chi connectivity index (χ2v) is 3.73. The number of benzene rings is 2. The minimum atomic E-state index is -0.712. The quantitative estimate of drug-likeness (QED) is 0.610. The molecule has 0 saturated carbocycles. The molecule has 0 amide bonds. The fourth-order valence-corrected chi connectivity index (χ4v) is 1.32. The van der Waals surface area contributed by atoms with Crippen LogP contribution in [0.2, 0.25) is 0 Å². The molecule has 0 spiro atoms. The van der Waals surface area contributed by atoms with Crippen LogP contribution in [0.5, 0.6) is 11.5 Å². The first-order valence-electron chi connectivity index (χ1n) is 5.54. The van der Waals surface area contributed by atoms with Gasteiger partial charge in [0.05, 0.1) is 28.2 Å². The van der Waals surface area contributed by atoms with Crippen molar-refractivity contribution in [2.24, 2.45) is 0 Å². The zero-order valence-electron chi connectivity index (χ0n) is 10.6. The molecule has 0 unspecified atom stereocenters. The van der Waals surface area contributed by atoms with Gasteiger partial charge in [0.15, 0.2) is 5.75 Å². The molecule has 0 aliphatic rings. The maximum atomic E-state index is 10.2. The molecule has 7 nitrogen and oxygen atoms in total. The molecule has 104 valence electrons. The van der Waals surface area contributed by atoms with Crippen molar-refractivity contribution < 1.29 is 15.1 Å². The molecule has 0 aliphatic carbocycles. The average molecular weight is 283 g/mol. The van der Waals surface area contributed by atoms with E-state index in [1.54, 1.807) is 18.2 Å². The summed E-state index contributed by atoms with van der Waals surface area (Å²) in [6.45, 7) is 0. The van der Waals surface area contributed by atoms with Gasteiger partial charge in [0.25, 0.3) is 0 Å². The Bertz CT molecular complexity index is 745. The first-order chi connectivity index (χ1) is 9.97. The Kier molecular flexibility index (Phi) is 5.25. The number of phenols is 2. The lowest BCUT2D eigenvalue weighted by molar-refractivity contribution is -0.385. The van der Waals surface area contributed by atoms with E-state index in [4.69, 9.17) is 20.7 Å². The van der Waals surface area contributed by atoms with Gasteiger partial charge in [0, 0.05) is 12.1 Å². The second kappa shape index (κ2) is 7.12. The molecule has 0 atom stereocenters. The molecule has 21 heavy (non-hydrogen) atoms. The number of hydrogen-bond acceptors (Lipinski definition) is 6. The summed E-state index contributed by atoms with van der Waals surface area (Å²) in [5.74, 6) is -0.354. The summed E-state index contributed by atoms with van der Waals surface area (Å²) in [6.07, 6.45) is 0. The molecule has 0 fully saturated rings. The number of hydrogen-bond donors (Lipinski definition) is 2. The average Bonchev–Trinajstić information content (AvgIpc) is 2.47. The van der Waals surface area contributed by atoms with Gasteiger partial charge in [-0.1, -0.05) is 6.07 Å². The third-order valence-corrected chi connectivity index (χ3v) is 2.28. The van der Waals surface area contributed by atoms with E-state index in [1.165, 1.54) is 18.2 Å². The molecule has 0 bridgehead atoms. The predicted molar refractivity (Wildman–Crippen MR) is 72.3 cm³/mol. The van der Waals surface area contributed by atoms with Crippen LogP contribution in [0.15, 0.2) is 42.5 Å². The van der Waals surface area contributed by atoms with Crippen molar-refractivity contribution in [1.29, 1.82) is 10.5 Å². The first-order valence-corrected chi connectivity index (χ1v) is 5.54. The Balaban J connectivity index is 0.000000219. The molecular weight excluding hydrogens is 274 g/mol. The smallest absolute Gasteiger partial charge is 0.310 e. The molecule has 0 aromatic heterocycles. The normalized spacial score (nSPS) is 8.67. The van der Waals surface area contributed by atoms with E-state index in [2.05, 4.69) is 0 Å². The topological polar surface area (TPSA) is 131 Å². The van der Waals surface area contributed by atoms with Gasteiger partial charge < -0.3 is 10.2 Å². The van der Waals surface area contributed by atoms with Crippen LogP contribution in [0.25, 0.3) is 0 Å². The summed E-state index contributed by atoms with van der Waals surface area (Å²) < 4.78 is 0. The van der Waals surface area contributed by atoms with E-state index in [-0.39, 0.29) is 11.3 Å². The van der Waals surface area contributed by atoms with Crippen molar-refractivity contribution in [2.75, 3.05) is 0 Å². The molecule has 2 aromatic rings. The van der Waals surface area contributed by atoms with E-state index in [9.17, 15) is 10.1 Å². The Morgan fingerprint density at radius 1 is 1.00 bits per heavy atom. The van der Waals surface area contributed by atoms with Crippen LogP contribution in [0.3, 0.4) is 0 Å². The van der Waals surface area contributed by atoms with E-state index in [1.807, 2.05) is 6.07 Å². The highest BCUT2D eigenvalue weighted by atomic mass is 16.6. The van der Waals surface area contributed by atoms with Crippen LogP contribution in [-0.2, 0) is 0 Å². The molecule has 2 N–H and O–H groups in total. The van der Waals surface area contributed by atoms with Gasteiger partial charge in [-0.2, -0.15) is 10.5 Å². The van der Waals surface area contributed by atoms with E-state index >= 15 is 0 Å². The summed E-state index contributed by atoms with van der Waals surface area (Å²) >= 11 is 0. The van der Waals surface area contributed by atoms with Crippen molar-refractivity contribution in [3.8, 4) is 23.6 Å². The zero-order valence-corrected chi connectivity index (χ0v) is 10.6. The Morgan fingerprint density at radius 3 is 2.05 bits per heavy atom. The molecule has 0 saturated heterocycles. The molecule has 2 rings (SSSR count). The van der Waals surface area contributed by atoms with Crippen molar-refractivity contribution in [3.05, 3.63) is 63.7 Å². The second-order valence-electron chi connectivity index (χ2n) is 3.73. The van der Waals surface area contributed by atoms with Crippen molar-refractivity contribution in [2.45, 2.75) is 0 Å². The van der Waals surface area contributed by atoms with Crippen molar-refractivity contribution in [3.63, 3.8) is 0 Å². The molecular formula is C14H9N3O4. The number of nitrogens with zero attached hydrogens (tertiary/aromatic N) is 3. The third kappa shape index (κ3) is 4.54. The summed E-state index contributed by atoms with van der Waals surface area (Å²) in [7, 11) is 0. The molecule has 2 aromatic carbocycles. The molecule has 0 aliphatic heterocycles. The van der Waals surface area contributed by atoms with Crippen molar-refractivity contribution in [1.82, 2.24) is 0 Å². The van der Waals surface area contributed by atoms with E-state index in [0.29, 0.717) is 5.56 Å². The Morgan fingerprint density at radius 2 is 1.62 bits per heavy atom. The SMILES string of the molecule is N#Cc1ccc([N+](=O)[O-])c(O)c1.N#Cc1cccc(O)c1. The lowest BCUT2D eigenvalue weighted by Gasteiger charge is -1.94. The summed E-state index contributed by atoms with van der Waals surface area (Å²) in [4.78, 5) is 9.47. The molecule has 0 heterocycles. The number of nitro groups is 1. The highest BCUT2D eigenvalue weighted by Crippen LogP contribution is 2.25. The summed E-state index contributed by atoms with van der Waals surface area (Å²) in [5, 5.41) is 44.6. The number of nitriles is 2. The van der Waals surface area contributed by atoms with Crippen LogP contribution in [0.4, 0.5) is 5.69 Å². The summed E-state index contributed by atoms with van der Waals surface area (Å²) in [5.41, 5.74) is 0.280. The van der Waals surface area contributed by atoms with Crippen LogP contribution >= 0.6 is 0 Å². The minimum Gasteiger partial charge on any atom is -0.508 e. The lowest BCUT2D eigenvalue weighted by Crippen LogP contribution is -1.88. The minimum absolute atomic E-state index is 0.133. The van der Waals surface area contributed by atoms with E-state index < -0.39 is 16.4 Å². The zero-order chi connectivity index (χ0) is 15.8. The number of nitro benzene ring substituents is 1. The van der Waals surface area contributed by atoms with Crippen LogP contribution in [0, 0.1) is 32.8 Å². The maximum Gasteiger partial charge on any atom is 0.310 e. The number of phenolic OH excluding ortho intramolecular Hbond substituents is 2. The first kappa shape index (κ1) is 15.5. The lowest BCUT2D eigenvalue weighted by atomic mass is 10.2. The van der Waals surface area contributed by atoms with Gasteiger partial charge in [-0.05, 0) is 24.3 Å². The van der Waals surface area contributed by atoms with E-state index in [0.717, 1.165) is 12.1 Å². The number of rotatable bonds is 1. The van der Waals surface area contributed by atoms with Gasteiger partial charge >= 0.3 is 5.69 Å². The van der Waals surface area contributed by atoms with Crippen LogP contribution in [-0.4, -0.2) is 15.1 Å². The van der Waals surface area contributed by atoms with Gasteiger partial charge in [-0.25, -0.2) is 0 Å². The standard InChI is InChI=1S/C7H4N2O3.C7H5NO/c8-4-5-1-2-6(9(11)12)7(10)3-5;8-5-6-2-1-3-7(9)4-6/h1-3,10H;1-4,9H. The maximum absolute atomic E-state index is 10.2. The fraction of sp³-hybridized carbons (Fsp3) is 0. The predicted octanol–water partition coefficient (Wildman–Crippen LogP) is 2.44. The monoisotopic (exact) mass is 283 g/mol. The third-order valence-electron chi connectivity index (χ3n) is 2.28. The number of aromatic hydroxyl groups is 2. The molecule has 0 radical (unpaired) electrons.